The van der Waals surface area contributed by atoms with Crippen molar-refractivity contribution in [3.63, 3.8) is 0 Å². The second-order valence-electron chi connectivity index (χ2n) is 4.18. The fraction of sp³-hybridized carbons (Fsp3) is 0.286. The van der Waals surface area contributed by atoms with Gasteiger partial charge in [-0.05, 0) is 13.0 Å². The van der Waals surface area contributed by atoms with Gasteiger partial charge in [-0.2, -0.15) is 13.2 Å². The van der Waals surface area contributed by atoms with Gasteiger partial charge in [0.1, 0.15) is 12.0 Å². The lowest BCUT2D eigenvalue weighted by atomic mass is 10.0. The van der Waals surface area contributed by atoms with Gasteiger partial charge >= 0.3 is 6.18 Å². The second kappa shape index (κ2) is 5.99. The Hall–Kier alpha value is -2.31. The molecule has 0 saturated carbocycles. The molecule has 0 bridgehead atoms. The van der Waals surface area contributed by atoms with Gasteiger partial charge in [-0.3, -0.25) is 0 Å². The van der Waals surface area contributed by atoms with E-state index in [1.54, 1.807) is 0 Å². The van der Waals surface area contributed by atoms with Crippen molar-refractivity contribution >= 4 is 5.82 Å². The molecular weight excluding hydrogens is 283 g/mol. The summed E-state index contributed by atoms with van der Waals surface area (Å²) in [5.41, 5.74) is -0.691. The first-order valence-corrected chi connectivity index (χ1v) is 6.28. The highest BCUT2D eigenvalue weighted by atomic mass is 19.4. The molecule has 1 N–H and O–H groups in total. The third-order valence-electron chi connectivity index (χ3n) is 2.84. The van der Waals surface area contributed by atoms with Gasteiger partial charge < -0.3 is 10.1 Å². The normalized spacial score (nSPS) is 11.3. The summed E-state index contributed by atoms with van der Waals surface area (Å²) in [5, 5.41) is 2.94. The van der Waals surface area contributed by atoms with E-state index in [2.05, 4.69) is 15.3 Å². The van der Waals surface area contributed by atoms with Gasteiger partial charge in [0.2, 0.25) is 0 Å². The summed E-state index contributed by atoms with van der Waals surface area (Å²) in [6.07, 6.45) is -3.26. The molecule has 0 spiro atoms. The van der Waals surface area contributed by atoms with Crippen LogP contribution in [-0.2, 0) is 6.18 Å². The van der Waals surface area contributed by atoms with Crippen LogP contribution in [0.1, 0.15) is 12.5 Å². The molecular formula is C14H14F3N3O. The van der Waals surface area contributed by atoms with Crippen molar-refractivity contribution in [1.29, 1.82) is 0 Å². The van der Waals surface area contributed by atoms with Crippen LogP contribution in [0.5, 0.6) is 5.75 Å². The van der Waals surface area contributed by atoms with Crippen LogP contribution in [0.15, 0.2) is 30.6 Å². The van der Waals surface area contributed by atoms with Crippen LogP contribution in [0, 0.1) is 0 Å². The Morgan fingerprint density at radius 2 is 1.90 bits per heavy atom. The van der Waals surface area contributed by atoms with Crippen molar-refractivity contribution in [1.82, 2.24) is 9.97 Å². The summed E-state index contributed by atoms with van der Waals surface area (Å²) >= 11 is 0. The molecule has 0 fully saturated rings. The third kappa shape index (κ3) is 3.07. The van der Waals surface area contributed by atoms with Gasteiger partial charge in [0.05, 0.1) is 12.7 Å². The molecule has 2 rings (SSSR count). The van der Waals surface area contributed by atoms with Crippen molar-refractivity contribution in [3.05, 3.63) is 36.2 Å². The summed E-state index contributed by atoms with van der Waals surface area (Å²) < 4.78 is 44.6. The van der Waals surface area contributed by atoms with Crippen LogP contribution in [0.3, 0.4) is 0 Å². The topological polar surface area (TPSA) is 47.0 Å². The molecule has 1 aromatic heterocycles. The molecule has 112 valence electrons. The molecule has 4 nitrogen and oxygen atoms in total. The summed E-state index contributed by atoms with van der Waals surface area (Å²) in [6, 6.07) is 5.25. The SMILES string of the molecule is CCNc1ncnc(-c2ccccc2C(F)(F)F)c1OC. The van der Waals surface area contributed by atoms with Crippen molar-refractivity contribution in [2.24, 2.45) is 0 Å². The second-order valence-corrected chi connectivity index (χ2v) is 4.18. The van der Waals surface area contributed by atoms with E-state index in [0.717, 1.165) is 6.07 Å². The number of methoxy groups -OCH3 is 1. The monoisotopic (exact) mass is 297 g/mol. The lowest BCUT2D eigenvalue weighted by Crippen LogP contribution is -2.09. The highest BCUT2D eigenvalue weighted by Gasteiger charge is 2.34. The van der Waals surface area contributed by atoms with Crippen LogP contribution in [0.2, 0.25) is 0 Å². The van der Waals surface area contributed by atoms with E-state index in [9.17, 15) is 13.2 Å². The molecule has 0 aliphatic carbocycles. The van der Waals surface area contributed by atoms with Gasteiger partial charge in [-0.15, -0.1) is 0 Å². The zero-order valence-electron chi connectivity index (χ0n) is 11.5. The summed E-state index contributed by atoms with van der Waals surface area (Å²) in [7, 11) is 1.37. The summed E-state index contributed by atoms with van der Waals surface area (Å²) in [6.45, 7) is 2.42. The average molecular weight is 297 g/mol. The Morgan fingerprint density at radius 3 is 2.52 bits per heavy atom. The first-order valence-electron chi connectivity index (χ1n) is 6.28. The van der Waals surface area contributed by atoms with E-state index in [-0.39, 0.29) is 17.0 Å². The zero-order chi connectivity index (χ0) is 15.5. The van der Waals surface area contributed by atoms with Gasteiger partial charge in [-0.25, -0.2) is 9.97 Å². The number of nitrogens with zero attached hydrogens (tertiary/aromatic N) is 2. The van der Waals surface area contributed by atoms with E-state index in [1.807, 2.05) is 6.92 Å². The largest absolute Gasteiger partial charge is 0.491 e. The average Bonchev–Trinajstić information content (AvgIpc) is 2.46. The number of halogens is 3. The van der Waals surface area contributed by atoms with Crippen LogP contribution < -0.4 is 10.1 Å². The fourth-order valence-electron chi connectivity index (χ4n) is 1.99. The molecule has 0 amide bonds. The quantitative estimate of drug-likeness (QED) is 0.936. The van der Waals surface area contributed by atoms with E-state index < -0.39 is 11.7 Å². The van der Waals surface area contributed by atoms with Gasteiger partial charge in [-0.1, -0.05) is 18.2 Å². The first kappa shape index (κ1) is 15.1. The molecule has 0 saturated heterocycles. The molecule has 0 atom stereocenters. The Labute approximate surface area is 120 Å². The first-order chi connectivity index (χ1) is 9.99. The summed E-state index contributed by atoms with van der Waals surface area (Å²) in [4.78, 5) is 7.95. The highest BCUT2D eigenvalue weighted by Crippen LogP contribution is 2.40. The molecule has 7 heteroatoms. The molecule has 21 heavy (non-hydrogen) atoms. The molecule has 0 unspecified atom stereocenters. The molecule has 1 aromatic carbocycles. The Kier molecular flexibility index (Phi) is 4.30. The van der Waals surface area contributed by atoms with Gasteiger partial charge in [0.15, 0.2) is 11.6 Å². The number of anilines is 1. The van der Waals surface area contributed by atoms with Crippen molar-refractivity contribution in [2.75, 3.05) is 19.0 Å². The lowest BCUT2D eigenvalue weighted by molar-refractivity contribution is -0.137. The minimum absolute atomic E-state index is 0.0385. The third-order valence-corrected chi connectivity index (χ3v) is 2.84. The van der Waals surface area contributed by atoms with E-state index in [4.69, 9.17) is 4.74 Å². The van der Waals surface area contributed by atoms with E-state index in [0.29, 0.717) is 12.4 Å². The molecule has 1 heterocycles. The van der Waals surface area contributed by atoms with Crippen LogP contribution in [-0.4, -0.2) is 23.6 Å². The maximum atomic E-state index is 13.1. The molecule has 2 aromatic rings. The molecule has 0 aliphatic heterocycles. The minimum atomic E-state index is -4.47. The lowest BCUT2D eigenvalue weighted by Gasteiger charge is -2.16. The molecule has 0 radical (unpaired) electrons. The Bertz CT molecular complexity index is 629. The number of aromatic nitrogens is 2. The Morgan fingerprint density at radius 1 is 1.19 bits per heavy atom. The smallest absolute Gasteiger partial charge is 0.417 e. The number of benzene rings is 1. The van der Waals surface area contributed by atoms with Crippen LogP contribution in [0.4, 0.5) is 19.0 Å². The maximum Gasteiger partial charge on any atom is 0.417 e. The maximum absolute atomic E-state index is 13.1. The number of alkyl halides is 3. The van der Waals surface area contributed by atoms with Crippen molar-refractivity contribution in [2.45, 2.75) is 13.1 Å². The van der Waals surface area contributed by atoms with E-state index >= 15 is 0 Å². The van der Waals surface area contributed by atoms with Crippen molar-refractivity contribution in [3.8, 4) is 17.0 Å². The van der Waals surface area contributed by atoms with Crippen molar-refractivity contribution < 1.29 is 17.9 Å². The Balaban J connectivity index is 2.65. The zero-order valence-corrected chi connectivity index (χ0v) is 11.5. The number of rotatable bonds is 4. The van der Waals surface area contributed by atoms with E-state index in [1.165, 1.54) is 31.6 Å². The number of nitrogens with one attached hydrogen (secondary N) is 1. The van der Waals surface area contributed by atoms with Crippen LogP contribution >= 0.6 is 0 Å². The predicted octanol–water partition coefficient (Wildman–Crippen LogP) is 3.60. The number of ether oxygens (including phenoxy) is 1. The predicted molar refractivity (Wildman–Crippen MR) is 73.2 cm³/mol. The van der Waals surface area contributed by atoms with Crippen LogP contribution in [0.25, 0.3) is 11.3 Å². The number of hydrogen-bond acceptors (Lipinski definition) is 4. The van der Waals surface area contributed by atoms with Gasteiger partial charge in [0.25, 0.3) is 0 Å². The minimum Gasteiger partial charge on any atom is -0.491 e. The highest BCUT2D eigenvalue weighted by molar-refractivity contribution is 5.75. The number of hydrogen-bond donors (Lipinski definition) is 1. The van der Waals surface area contributed by atoms with Gasteiger partial charge in [0, 0.05) is 12.1 Å². The standard InChI is InChI=1S/C14H14F3N3O/c1-3-18-13-12(21-2)11(19-8-20-13)9-6-4-5-7-10(9)14(15,16)17/h4-8H,3H2,1-2H3,(H,18,19,20). The molecule has 0 aliphatic rings. The summed E-state index contributed by atoms with van der Waals surface area (Å²) in [5.74, 6) is 0.554. The fourth-order valence-corrected chi connectivity index (χ4v) is 1.99.